The van der Waals surface area contributed by atoms with Crippen molar-refractivity contribution < 1.29 is 22.7 Å². The van der Waals surface area contributed by atoms with Crippen LogP contribution >= 0.6 is 0 Å². The van der Waals surface area contributed by atoms with Gasteiger partial charge in [0.1, 0.15) is 11.4 Å². The molecule has 1 N–H and O–H groups in total. The van der Waals surface area contributed by atoms with E-state index in [9.17, 15) is 13.6 Å². The van der Waals surface area contributed by atoms with Gasteiger partial charge in [-0.15, -0.1) is 0 Å². The number of fused-ring (bicyclic) bond motifs is 1. The fraction of sp³-hybridized carbons (Fsp3) is 0.150. The topological polar surface area (TPSA) is 82.2 Å². The lowest BCUT2D eigenvalue weighted by Crippen LogP contribution is -2.15. The normalized spacial score (nSPS) is 11.2. The van der Waals surface area contributed by atoms with Crippen LogP contribution in [0.2, 0.25) is 0 Å². The van der Waals surface area contributed by atoms with E-state index >= 15 is 0 Å². The van der Waals surface area contributed by atoms with Gasteiger partial charge in [-0.05, 0) is 37.3 Å². The summed E-state index contributed by atoms with van der Waals surface area (Å²) in [6.45, 7) is -1.24. The predicted octanol–water partition coefficient (Wildman–Crippen LogP) is 4.39. The Morgan fingerprint density at radius 2 is 2.03 bits per heavy atom. The third-order valence-corrected chi connectivity index (χ3v) is 4.34. The fourth-order valence-corrected chi connectivity index (χ4v) is 3.13. The Bertz CT molecular complexity index is 1190. The predicted molar refractivity (Wildman–Crippen MR) is 102 cm³/mol. The van der Waals surface area contributed by atoms with Crippen LogP contribution in [-0.4, -0.2) is 27.3 Å². The molecule has 7 nitrogen and oxygen atoms in total. The number of amides is 1. The van der Waals surface area contributed by atoms with Crippen molar-refractivity contribution >= 4 is 22.6 Å². The molecule has 1 amide bonds. The number of carbonyl (C=O) groups is 1. The highest BCUT2D eigenvalue weighted by Crippen LogP contribution is 2.30. The van der Waals surface area contributed by atoms with E-state index in [0.29, 0.717) is 33.7 Å². The number of alkyl halides is 2. The SMILES string of the molecule is Cc1nn(C)c2nc(-c3ccco3)cc(C(=O)Nc3ccccc3OC(F)F)c12. The van der Waals surface area contributed by atoms with Gasteiger partial charge in [0.25, 0.3) is 5.91 Å². The van der Waals surface area contributed by atoms with Crippen molar-refractivity contribution in [2.24, 2.45) is 7.05 Å². The van der Waals surface area contributed by atoms with Crippen molar-refractivity contribution in [3.8, 4) is 17.2 Å². The molecular formula is C20H16F2N4O3. The molecule has 0 saturated heterocycles. The number of ether oxygens (including phenoxy) is 1. The highest BCUT2D eigenvalue weighted by Gasteiger charge is 2.21. The number of benzene rings is 1. The minimum Gasteiger partial charge on any atom is -0.463 e. The van der Waals surface area contributed by atoms with Crippen molar-refractivity contribution in [2.75, 3.05) is 5.32 Å². The molecule has 0 aliphatic rings. The molecule has 29 heavy (non-hydrogen) atoms. The van der Waals surface area contributed by atoms with Gasteiger partial charge < -0.3 is 14.5 Å². The van der Waals surface area contributed by atoms with Gasteiger partial charge in [-0.3, -0.25) is 9.48 Å². The van der Waals surface area contributed by atoms with Crippen LogP contribution in [0.15, 0.2) is 53.1 Å². The number of pyridine rings is 1. The highest BCUT2D eigenvalue weighted by molar-refractivity contribution is 6.13. The summed E-state index contributed by atoms with van der Waals surface area (Å²) in [7, 11) is 1.72. The third-order valence-electron chi connectivity index (χ3n) is 4.34. The van der Waals surface area contributed by atoms with Gasteiger partial charge in [0.15, 0.2) is 11.4 Å². The van der Waals surface area contributed by atoms with Gasteiger partial charge >= 0.3 is 6.61 Å². The maximum atomic E-state index is 13.1. The van der Waals surface area contributed by atoms with Gasteiger partial charge in [0.05, 0.1) is 28.6 Å². The average Bonchev–Trinajstić information content (AvgIpc) is 3.31. The van der Waals surface area contributed by atoms with Crippen LogP contribution in [-0.2, 0) is 7.05 Å². The largest absolute Gasteiger partial charge is 0.463 e. The van der Waals surface area contributed by atoms with E-state index < -0.39 is 12.5 Å². The van der Waals surface area contributed by atoms with Crippen molar-refractivity contribution in [1.29, 1.82) is 0 Å². The fourth-order valence-electron chi connectivity index (χ4n) is 3.13. The number of rotatable bonds is 5. The highest BCUT2D eigenvalue weighted by atomic mass is 19.3. The smallest absolute Gasteiger partial charge is 0.387 e. The Kier molecular flexibility index (Phi) is 4.71. The molecule has 0 fully saturated rings. The van der Waals surface area contributed by atoms with E-state index in [1.165, 1.54) is 24.5 Å². The summed E-state index contributed by atoms with van der Waals surface area (Å²) in [5.41, 5.74) is 1.98. The Labute approximate surface area is 163 Å². The number of hydrogen-bond acceptors (Lipinski definition) is 5. The van der Waals surface area contributed by atoms with Crippen molar-refractivity contribution in [3.63, 3.8) is 0 Å². The van der Waals surface area contributed by atoms with Crippen LogP contribution < -0.4 is 10.1 Å². The molecule has 3 aromatic heterocycles. The monoisotopic (exact) mass is 398 g/mol. The number of nitrogens with zero attached hydrogens (tertiary/aromatic N) is 3. The minimum atomic E-state index is -3.01. The quantitative estimate of drug-likeness (QED) is 0.539. The van der Waals surface area contributed by atoms with Crippen LogP contribution in [0, 0.1) is 6.92 Å². The summed E-state index contributed by atoms with van der Waals surface area (Å²) in [5.74, 6) is -0.150. The molecule has 9 heteroatoms. The Morgan fingerprint density at radius 1 is 1.24 bits per heavy atom. The maximum absolute atomic E-state index is 13.1. The lowest BCUT2D eigenvalue weighted by Gasteiger charge is -2.12. The first-order chi connectivity index (χ1) is 13.9. The van der Waals surface area contributed by atoms with E-state index in [-0.39, 0.29) is 11.4 Å². The number of hydrogen-bond donors (Lipinski definition) is 1. The third kappa shape index (κ3) is 3.54. The summed E-state index contributed by atoms with van der Waals surface area (Å²) in [6, 6.07) is 11.0. The van der Waals surface area contributed by atoms with Gasteiger partial charge in [-0.1, -0.05) is 12.1 Å². The molecule has 148 valence electrons. The van der Waals surface area contributed by atoms with Crippen molar-refractivity contribution in [1.82, 2.24) is 14.8 Å². The second-order valence-corrected chi connectivity index (χ2v) is 6.27. The molecular weight excluding hydrogens is 382 g/mol. The summed E-state index contributed by atoms with van der Waals surface area (Å²) < 4.78 is 36.8. The second kappa shape index (κ2) is 7.34. The molecule has 0 aliphatic carbocycles. The lowest BCUT2D eigenvalue weighted by molar-refractivity contribution is -0.0493. The van der Waals surface area contributed by atoms with Crippen LogP contribution in [0.1, 0.15) is 16.1 Å². The molecule has 0 radical (unpaired) electrons. The number of carbonyl (C=O) groups excluding carboxylic acids is 1. The molecule has 0 unspecified atom stereocenters. The molecule has 4 rings (SSSR count). The van der Waals surface area contributed by atoms with Crippen molar-refractivity contribution in [2.45, 2.75) is 13.5 Å². The average molecular weight is 398 g/mol. The van der Waals surface area contributed by atoms with E-state index in [4.69, 9.17) is 4.42 Å². The first kappa shape index (κ1) is 18.6. The number of furan rings is 1. The molecule has 0 atom stereocenters. The number of aryl methyl sites for hydroxylation is 2. The number of anilines is 1. The number of halogens is 2. The number of para-hydroxylation sites is 2. The zero-order valence-corrected chi connectivity index (χ0v) is 15.5. The maximum Gasteiger partial charge on any atom is 0.387 e. The second-order valence-electron chi connectivity index (χ2n) is 6.27. The minimum absolute atomic E-state index is 0.129. The molecule has 0 aliphatic heterocycles. The first-order valence-corrected chi connectivity index (χ1v) is 8.67. The molecule has 0 saturated carbocycles. The first-order valence-electron chi connectivity index (χ1n) is 8.67. The summed E-state index contributed by atoms with van der Waals surface area (Å²) in [5, 5.41) is 7.54. The Hall–Kier alpha value is -3.75. The van der Waals surface area contributed by atoms with Crippen molar-refractivity contribution in [3.05, 3.63) is 60.0 Å². The van der Waals surface area contributed by atoms with Gasteiger partial charge in [-0.2, -0.15) is 13.9 Å². The zero-order chi connectivity index (χ0) is 20.5. The molecule has 0 bridgehead atoms. The van der Waals surface area contributed by atoms with Crippen LogP contribution in [0.5, 0.6) is 5.75 Å². The number of aromatic nitrogens is 3. The van der Waals surface area contributed by atoms with E-state index in [1.54, 1.807) is 42.9 Å². The summed E-state index contributed by atoms with van der Waals surface area (Å²) >= 11 is 0. The van der Waals surface area contributed by atoms with Crippen LogP contribution in [0.3, 0.4) is 0 Å². The molecule has 4 aromatic rings. The van der Waals surface area contributed by atoms with Crippen LogP contribution in [0.4, 0.5) is 14.5 Å². The van der Waals surface area contributed by atoms with Gasteiger partial charge in [-0.25, -0.2) is 4.98 Å². The summed E-state index contributed by atoms with van der Waals surface area (Å²) in [6.07, 6.45) is 1.51. The standard InChI is InChI=1S/C20H16F2N4O3/c1-11-17-12(19(27)24-13-6-3-4-7-16(13)29-20(21)22)10-14(15-8-5-9-28-15)23-18(17)26(2)25-11/h3-10,20H,1-2H3,(H,24,27). The van der Waals surface area contributed by atoms with E-state index in [1.807, 2.05) is 0 Å². The van der Waals surface area contributed by atoms with Gasteiger partial charge in [0, 0.05) is 7.05 Å². The summed E-state index contributed by atoms with van der Waals surface area (Å²) in [4.78, 5) is 17.6. The number of nitrogens with one attached hydrogen (secondary N) is 1. The molecule has 0 spiro atoms. The van der Waals surface area contributed by atoms with E-state index in [2.05, 4.69) is 20.1 Å². The Morgan fingerprint density at radius 3 is 2.76 bits per heavy atom. The lowest BCUT2D eigenvalue weighted by atomic mass is 10.1. The molecule has 3 heterocycles. The Balaban J connectivity index is 1.80. The zero-order valence-electron chi connectivity index (χ0n) is 15.5. The van der Waals surface area contributed by atoms with Crippen LogP contribution in [0.25, 0.3) is 22.5 Å². The molecule has 1 aromatic carbocycles. The van der Waals surface area contributed by atoms with E-state index in [0.717, 1.165) is 0 Å². The van der Waals surface area contributed by atoms with Gasteiger partial charge in [0.2, 0.25) is 0 Å².